The van der Waals surface area contributed by atoms with E-state index in [1.54, 1.807) is 4.90 Å². The predicted molar refractivity (Wildman–Crippen MR) is 91.0 cm³/mol. The number of piperidine rings is 1. The fraction of sp³-hybridized carbons (Fsp3) is 0.444. The minimum Gasteiger partial charge on any atom is -0.468 e. The van der Waals surface area contributed by atoms with Crippen LogP contribution < -0.4 is 5.32 Å². The SMILES string of the molecule is COC(=O)CNC(=O)COC(=O)C1CCN(C(=O)c2ccc(F)cc2)CC1. The molecule has 1 aromatic carbocycles. The number of rotatable bonds is 6. The molecular weight excluding hydrogens is 359 g/mol. The van der Waals surface area contributed by atoms with Crippen molar-refractivity contribution in [3.8, 4) is 0 Å². The second-order valence-corrected chi connectivity index (χ2v) is 6.03. The first-order valence-electron chi connectivity index (χ1n) is 8.45. The van der Waals surface area contributed by atoms with E-state index in [2.05, 4.69) is 10.1 Å². The van der Waals surface area contributed by atoms with Crippen molar-refractivity contribution in [1.82, 2.24) is 10.2 Å². The van der Waals surface area contributed by atoms with E-state index in [1.165, 1.54) is 31.4 Å². The molecule has 1 N–H and O–H groups in total. The maximum atomic E-state index is 12.9. The number of carbonyl (C=O) groups excluding carboxylic acids is 4. The second kappa shape index (κ2) is 9.65. The van der Waals surface area contributed by atoms with E-state index in [9.17, 15) is 23.6 Å². The van der Waals surface area contributed by atoms with Gasteiger partial charge >= 0.3 is 11.9 Å². The Balaban J connectivity index is 1.73. The van der Waals surface area contributed by atoms with Gasteiger partial charge in [0.25, 0.3) is 11.8 Å². The van der Waals surface area contributed by atoms with Crippen LogP contribution in [0.3, 0.4) is 0 Å². The maximum absolute atomic E-state index is 12.9. The zero-order valence-corrected chi connectivity index (χ0v) is 14.9. The minimum absolute atomic E-state index is 0.219. The zero-order valence-electron chi connectivity index (χ0n) is 14.9. The molecule has 0 unspecified atom stereocenters. The average molecular weight is 380 g/mol. The average Bonchev–Trinajstić information content (AvgIpc) is 2.70. The van der Waals surface area contributed by atoms with E-state index in [-0.39, 0.29) is 12.5 Å². The van der Waals surface area contributed by atoms with Gasteiger partial charge in [-0.2, -0.15) is 0 Å². The summed E-state index contributed by atoms with van der Waals surface area (Å²) in [5.74, 6) is -2.76. The lowest BCUT2D eigenvalue weighted by atomic mass is 9.96. The highest BCUT2D eigenvalue weighted by atomic mass is 19.1. The largest absolute Gasteiger partial charge is 0.468 e. The summed E-state index contributed by atoms with van der Waals surface area (Å²) in [6.45, 7) is -0.0453. The van der Waals surface area contributed by atoms with Gasteiger partial charge in [0, 0.05) is 18.7 Å². The fourth-order valence-corrected chi connectivity index (χ4v) is 2.64. The number of likely N-dealkylation sites (tertiary alicyclic amines) is 1. The molecule has 2 rings (SSSR count). The third kappa shape index (κ3) is 6.05. The van der Waals surface area contributed by atoms with Gasteiger partial charge < -0.3 is 19.7 Å². The van der Waals surface area contributed by atoms with Crippen LogP contribution in [0.15, 0.2) is 24.3 Å². The Labute approximate surface area is 155 Å². The molecule has 9 heteroatoms. The highest BCUT2D eigenvalue weighted by Crippen LogP contribution is 2.20. The number of nitrogens with zero attached hydrogens (tertiary/aromatic N) is 1. The summed E-state index contributed by atoms with van der Waals surface area (Å²) in [5.41, 5.74) is 0.389. The molecule has 146 valence electrons. The monoisotopic (exact) mass is 380 g/mol. The van der Waals surface area contributed by atoms with Crippen LogP contribution in [0.2, 0.25) is 0 Å². The molecule has 1 saturated heterocycles. The molecule has 2 amide bonds. The van der Waals surface area contributed by atoms with Gasteiger partial charge in [-0.25, -0.2) is 4.39 Å². The highest BCUT2D eigenvalue weighted by molar-refractivity contribution is 5.94. The van der Waals surface area contributed by atoms with E-state index in [1.807, 2.05) is 0 Å². The van der Waals surface area contributed by atoms with Crippen molar-refractivity contribution in [3.63, 3.8) is 0 Å². The number of hydrogen-bond donors (Lipinski definition) is 1. The van der Waals surface area contributed by atoms with E-state index in [0.717, 1.165) is 0 Å². The fourth-order valence-electron chi connectivity index (χ4n) is 2.64. The Morgan fingerprint density at radius 1 is 1.15 bits per heavy atom. The first kappa shape index (κ1) is 20.3. The molecule has 8 nitrogen and oxygen atoms in total. The molecule has 0 aromatic heterocycles. The van der Waals surface area contributed by atoms with Gasteiger partial charge in [-0.15, -0.1) is 0 Å². The van der Waals surface area contributed by atoms with Crippen molar-refractivity contribution < 1.29 is 33.0 Å². The lowest BCUT2D eigenvalue weighted by molar-refractivity contribution is -0.154. The number of halogens is 1. The molecule has 1 aromatic rings. The van der Waals surface area contributed by atoms with Crippen molar-refractivity contribution in [2.24, 2.45) is 5.92 Å². The van der Waals surface area contributed by atoms with E-state index < -0.39 is 36.2 Å². The molecule has 0 spiro atoms. The smallest absolute Gasteiger partial charge is 0.325 e. The first-order chi connectivity index (χ1) is 12.9. The van der Waals surface area contributed by atoms with Crippen molar-refractivity contribution in [2.45, 2.75) is 12.8 Å². The van der Waals surface area contributed by atoms with Crippen molar-refractivity contribution in [3.05, 3.63) is 35.6 Å². The molecule has 0 atom stereocenters. The Morgan fingerprint density at radius 3 is 2.37 bits per heavy atom. The van der Waals surface area contributed by atoms with Crippen LogP contribution in [-0.2, 0) is 23.9 Å². The summed E-state index contributed by atoms with van der Waals surface area (Å²) in [5, 5.41) is 2.27. The van der Waals surface area contributed by atoms with Crippen LogP contribution in [-0.4, -0.2) is 62.0 Å². The topological polar surface area (TPSA) is 102 Å². The Kier molecular flexibility index (Phi) is 7.27. The van der Waals surface area contributed by atoms with Gasteiger partial charge in [0.05, 0.1) is 13.0 Å². The molecule has 1 fully saturated rings. The standard InChI is InChI=1S/C18H21FN2O6/c1-26-16(23)10-20-15(22)11-27-18(25)13-6-8-21(9-7-13)17(24)12-2-4-14(19)5-3-12/h2-5,13H,6-11H2,1H3,(H,20,22). The van der Waals surface area contributed by atoms with Gasteiger partial charge in [0.1, 0.15) is 12.4 Å². The van der Waals surface area contributed by atoms with Gasteiger partial charge in [0.15, 0.2) is 6.61 Å². The van der Waals surface area contributed by atoms with Crippen LogP contribution in [0.5, 0.6) is 0 Å². The molecule has 0 radical (unpaired) electrons. The second-order valence-electron chi connectivity index (χ2n) is 6.03. The molecule has 1 aliphatic heterocycles. The van der Waals surface area contributed by atoms with E-state index >= 15 is 0 Å². The van der Waals surface area contributed by atoms with Crippen LogP contribution in [0.1, 0.15) is 23.2 Å². The Morgan fingerprint density at radius 2 is 1.78 bits per heavy atom. The predicted octanol–water partition coefficient (Wildman–Crippen LogP) is 0.510. The van der Waals surface area contributed by atoms with Crippen LogP contribution in [0.25, 0.3) is 0 Å². The molecule has 0 aliphatic carbocycles. The van der Waals surface area contributed by atoms with E-state index in [0.29, 0.717) is 31.5 Å². The van der Waals surface area contributed by atoms with E-state index in [4.69, 9.17) is 4.74 Å². The summed E-state index contributed by atoms with van der Waals surface area (Å²) < 4.78 is 22.3. The maximum Gasteiger partial charge on any atom is 0.325 e. The number of esters is 2. The van der Waals surface area contributed by atoms with Gasteiger partial charge in [-0.1, -0.05) is 0 Å². The Bertz CT molecular complexity index is 698. The number of ether oxygens (including phenoxy) is 2. The van der Waals surface area contributed by atoms with Crippen molar-refractivity contribution >= 4 is 23.8 Å². The molecule has 0 bridgehead atoms. The summed E-state index contributed by atoms with van der Waals surface area (Å²) in [6.07, 6.45) is 0.824. The lowest BCUT2D eigenvalue weighted by Gasteiger charge is -2.31. The van der Waals surface area contributed by atoms with Crippen LogP contribution >= 0.6 is 0 Å². The number of nitrogens with one attached hydrogen (secondary N) is 1. The van der Waals surface area contributed by atoms with Gasteiger partial charge in [0.2, 0.25) is 0 Å². The summed E-state index contributed by atoms with van der Waals surface area (Å²) in [4.78, 5) is 48.4. The van der Waals surface area contributed by atoms with Crippen molar-refractivity contribution in [2.75, 3.05) is 33.4 Å². The Hall–Kier alpha value is -2.97. The quantitative estimate of drug-likeness (QED) is 0.722. The minimum atomic E-state index is -0.604. The number of amides is 2. The molecule has 1 heterocycles. The normalized spacial score (nSPS) is 14.4. The first-order valence-corrected chi connectivity index (χ1v) is 8.45. The molecular formula is C18H21FN2O6. The number of methoxy groups -OCH3 is 1. The number of hydrogen-bond acceptors (Lipinski definition) is 6. The summed E-state index contributed by atoms with van der Waals surface area (Å²) in [6, 6.07) is 5.29. The molecule has 1 aliphatic rings. The van der Waals surface area contributed by atoms with Gasteiger partial charge in [-0.3, -0.25) is 19.2 Å². The third-order valence-corrected chi connectivity index (χ3v) is 4.21. The number of carbonyl (C=O) groups is 4. The summed E-state index contributed by atoms with van der Waals surface area (Å²) >= 11 is 0. The number of benzene rings is 1. The van der Waals surface area contributed by atoms with Crippen molar-refractivity contribution in [1.29, 1.82) is 0 Å². The third-order valence-electron chi connectivity index (χ3n) is 4.21. The van der Waals surface area contributed by atoms with Crippen LogP contribution in [0.4, 0.5) is 4.39 Å². The highest BCUT2D eigenvalue weighted by Gasteiger charge is 2.29. The zero-order chi connectivity index (χ0) is 19.8. The van der Waals surface area contributed by atoms with Crippen LogP contribution in [0, 0.1) is 11.7 Å². The lowest BCUT2D eigenvalue weighted by Crippen LogP contribution is -2.41. The molecule has 27 heavy (non-hydrogen) atoms. The molecule has 0 saturated carbocycles. The summed E-state index contributed by atoms with van der Waals surface area (Å²) in [7, 11) is 1.20. The van der Waals surface area contributed by atoms with Gasteiger partial charge in [-0.05, 0) is 37.1 Å².